The van der Waals surface area contributed by atoms with Gasteiger partial charge < -0.3 is 5.32 Å². The van der Waals surface area contributed by atoms with Crippen molar-refractivity contribution < 1.29 is 0 Å². The molecule has 1 N–H and O–H groups in total. The molecule has 0 saturated heterocycles. The second kappa shape index (κ2) is 4.82. The van der Waals surface area contributed by atoms with E-state index in [1.165, 1.54) is 34.2 Å². The minimum atomic E-state index is 0.425. The standard InChI is InChI=1S/C18H21N/c1-12-8-9-15(10-13(12)2)18(19-3)17-11-14-6-4-5-7-16(14)17/h4-10,17-19H,11H2,1-3H3. The summed E-state index contributed by atoms with van der Waals surface area (Å²) >= 11 is 0. The van der Waals surface area contributed by atoms with E-state index in [4.69, 9.17) is 0 Å². The summed E-state index contributed by atoms with van der Waals surface area (Å²) in [4.78, 5) is 0. The Labute approximate surface area is 115 Å². The van der Waals surface area contributed by atoms with E-state index in [0.717, 1.165) is 0 Å². The first-order valence-electron chi connectivity index (χ1n) is 7.03. The normalized spacial score (nSPS) is 18.6. The maximum atomic E-state index is 3.51. The van der Waals surface area contributed by atoms with Crippen LogP contribution in [0.15, 0.2) is 42.5 Å². The van der Waals surface area contributed by atoms with Gasteiger partial charge in [0.25, 0.3) is 0 Å². The summed E-state index contributed by atoms with van der Waals surface area (Å²) in [5.74, 6) is 0.614. The maximum absolute atomic E-state index is 3.51. The summed E-state index contributed by atoms with van der Waals surface area (Å²) in [6, 6.07) is 16.1. The lowest BCUT2D eigenvalue weighted by Crippen LogP contribution is -2.31. The molecule has 1 heteroatoms. The van der Waals surface area contributed by atoms with E-state index < -0.39 is 0 Å². The molecule has 1 aliphatic carbocycles. The summed E-state index contributed by atoms with van der Waals surface area (Å²) < 4.78 is 0. The molecule has 0 radical (unpaired) electrons. The second-order valence-corrected chi connectivity index (χ2v) is 5.62. The maximum Gasteiger partial charge on any atom is 0.0390 e. The monoisotopic (exact) mass is 251 g/mol. The highest BCUT2D eigenvalue weighted by Gasteiger charge is 2.32. The lowest BCUT2D eigenvalue weighted by atomic mass is 9.71. The van der Waals surface area contributed by atoms with E-state index >= 15 is 0 Å². The van der Waals surface area contributed by atoms with Crippen LogP contribution < -0.4 is 5.32 Å². The summed E-state index contributed by atoms with van der Waals surface area (Å²) in [6.07, 6.45) is 1.19. The molecule has 3 rings (SSSR count). The molecule has 0 bridgehead atoms. The van der Waals surface area contributed by atoms with Crippen LogP contribution in [0, 0.1) is 13.8 Å². The van der Waals surface area contributed by atoms with Gasteiger partial charge in [0, 0.05) is 12.0 Å². The lowest BCUT2D eigenvalue weighted by Gasteiger charge is -2.37. The second-order valence-electron chi connectivity index (χ2n) is 5.62. The van der Waals surface area contributed by atoms with Gasteiger partial charge in [0.05, 0.1) is 0 Å². The van der Waals surface area contributed by atoms with Crippen molar-refractivity contribution in [3.63, 3.8) is 0 Å². The third kappa shape index (κ3) is 2.08. The predicted molar refractivity (Wildman–Crippen MR) is 80.6 cm³/mol. The minimum absolute atomic E-state index is 0.425. The van der Waals surface area contributed by atoms with Gasteiger partial charge >= 0.3 is 0 Å². The molecule has 0 heterocycles. The van der Waals surface area contributed by atoms with Crippen molar-refractivity contribution in [3.8, 4) is 0 Å². The van der Waals surface area contributed by atoms with Crippen LogP contribution >= 0.6 is 0 Å². The zero-order valence-corrected chi connectivity index (χ0v) is 11.9. The highest BCUT2D eigenvalue weighted by Crippen LogP contribution is 2.43. The van der Waals surface area contributed by atoms with Crippen LogP contribution in [-0.2, 0) is 6.42 Å². The number of nitrogens with one attached hydrogen (secondary N) is 1. The number of aryl methyl sites for hydroxylation is 2. The first-order valence-corrected chi connectivity index (χ1v) is 7.03. The van der Waals surface area contributed by atoms with Gasteiger partial charge in [0.2, 0.25) is 0 Å². The number of benzene rings is 2. The zero-order valence-electron chi connectivity index (χ0n) is 11.9. The largest absolute Gasteiger partial charge is 0.312 e. The van der Waals surface area contributed by atoms with Crippen LogP contribution in [0.2, 0.25) is 0 Å². The topological polar surface area (TPSA) is 12.0 Å². The van der Waals surface area contributed by atoms with E-state index in [0.29, 0.717) is 12.0 Å². The highest BCUT2D eigenvalue weighted by molar-refractivity contribution is 5.44. The van der Waals surface area contributed by atoms with Crippen molar-refractivity contribution in [3.05, 3.63) is 70.3 Å². The van der Waals surface area contributed by atoms with Crippen molar-refractivity contribution in [1.82, 2.24) is 5.32 Å². The molecular weight excluding hydrogens is 230 g/mol. The number of hydrogen-bond donors (Lipinski definition) is 1. The van der Waals surface area contributed by atoms with E-state index in [1.54, 1.807) is 0 Å². The van der Waals surface area contributed by atoms with Gasteiger partial charge in [-0.1, -0.05) is 42.5 Å². The molecule has 0 fully saturated rings. The molecular formula is C18H21N. The van der Waals surface area contributed by atoms with Gasteiger partial charge in [0.1, 0.15) is 0 Å². The molecule has 2 aromatic carbocycles. The Morgan fingerprint density at radius 1 is 1.05 bits per heavy atom. The van der Waals surface area contributed by atoms with E-state index in [2.05, 4.69) is 68.7 Å². The summed E-state index contributed by atoms with van der Waals surface area (Å²) in [6.45, 7) is 4.37. The van der Waals surface area contributed by atoms with Gasteiger partial charge in [0.15, 0.2) is 0 Å². The molecule has 2 atom stereocenters. The van der Waals surface area contributed by atoms with Gasteiger partial charge in [-0.05, 0) is 55.1 Å². The predicted octanol–water partition coefficient (Wildman–Crippen LogP) is 3.90. The smallest absolute Gasteiger partial charge is 0.0390 e. The molecule has 1 nitrogen and oxygen atoms in total. The first kappa shape index (κ1) is 12.4. The average molecular weight is 251 g/mol. The number of hydrogen-bond acceptors (Lipinski definition) is 1. The molecule has 98 valence electrons. The van der Waals surface area contributed by atoms with E-state index in [9.17, 15) is 0 Å². The molecule has 0 saturated carbocycles. The molecule has 0 aliphatic heterocycles. The van der Waals surface area contributed by atoms with Crippen LogP contribution in [0.3, 0.4) is 0 Å². The van der Waals surface area contributed by atoms with Gasteiger partial charge in [-0.3, -0.25) is 0 Å². The Bertz CT molecular complexity index is 600. The Balaban J connectivity index is 1.92. The molecule has 0 spiro atoms. The molecule has 0 aromatic heterocycles. The number of fused-ring (bicyclic) bond motifs is 1. The Morgan fingerprint density at radius 2 is 1.84 bits per heavy atom. The third-order valence-electron chi connectivity index (χ3n) is 4.50. The van der Waals surface area contributed by atoms with Gasteiger partial charge in [-0.2, -0.15) is 0 Å². The molecule has 19 heavy (non-hydrogen) atoms. The van der Waals surface area contributed by atoms with Crippen molar-refractivity contribution in [1.29, 1.82) is 0 Å². The Morgan fingerprint density at radius 3 is 2.53 bits per heavy atom. The molecule has 2 aromatic rings. The van der Waals surface area contributed by atoms with Crippen LogP contribution in [0.25, 0.3) is 0 Å². The van der Waals surface area contributed by atoms with Crippen LogP contribution in [-0.4, -0.2) is 7.05 Å². The van der Waals surface area contributed by atoms with Crippen molar-refractivity contribution >= 4 is 0 Å². The quantitative estimate of drug-likeness (QED) is 0.872. The van der Waals surface area contributed by atoms with Crippen molar-refractivity contribution in [2.45, 2.75) is 32.2 Å². The zero-order chi connectivity index (χ0) is 13.4. The van der Waals surface area contributed by atoms with Gasteiger partial charge in [-0.15, -0.1) is 0 Å². The number of rotatable bonds is 3. The molecule has 1 aliphatic rings. The minimum Gasteiger partial charge on any atom is -0.312 e. The summed E-state index contributed by atoms with van der Waals surface area (Å²) in [7, 11) is 2.07. The Kier molecular flexibility index (Phi) is 3.16. The molecule has 2 unspecified atom stereocenters. The summed E-state index contributed by atoms with van der Waals surface area (Å²) in [5.41, 5.74) is 7.18. The van der Waals surface area contributed by atoms with Crippen LogP contribution in [0.5, 0.6) is 0 Å². The van der Waals surface area contributed by atoms with Crippen molar-refractivity contribution in [2.75, 3.05) is 7.05 Å². The van der Waals surface area contributed by atoms with Crippen molar-refractivity contribution in [2.24, 2.45) is 0 Å². The Hall–Kier alpha value is -1.60. The van der Waals surface area contributed by atoms with Gasteiger partial charge in [-0.25, -0.2) is 0 Å². The molecule has 0 amide bonds. The number of likely N-dealkylation sites (N-methyl/N-ethyl adjacent to an activating group) is 1. The van der Waals surface area contributed by atoms with Crippen LogP contribution in [0.1, 0.15) is 39.8 Å². The average Bonchev–Trinajstić information content (AvgIpc) is 2.39. The van der Waals surface area contributed by atoms with E-state index in [-0.39, 0.29) is 0 Å². The first-order chi connectivity index (χ1) is 9.20. The SMILES string of the molecule is CNC(c1ccc(C)c(C)c1)C1Cc2ccccc21. The fraction of sp³-hybridized carbons (Fsp3) is 0.333. The van der Waals surface area contributed by atoms with Crippen LogP contribution in [0.4, 0.5) is 0 Å². The fourth-order valence-electron chi connectivity index (χ4n) is 3.15. The third-order valence-corrected chi connectivity index (χ3v) is 4.50. The highest BCUT2D eigenvalue weighted by atomic mass is 14.9. The fourth-order valence-corrected chi connectivity index (χ4v) is 3.15. The lowest BCUT2D eigenvalue weighted by molar-refractivity contribution is 0.438. The van der Waals surface area contributed by atoms with E-state index in [1.807, 2.05) is 0 Å². The summed E-state index contributed by atoms with van der Waals surface area (Å²) in [5, 5.41) is 3.51.